The van der Waals surface area contributed by atoms with E-state index in [9.17, 15) is 0 Å². The van der Waals surface area contributed by atoms with E-state index in [2.05, 4.69) is 77.8 Å². The number of allylic oxidation sites excluding steroid dienone is 1. The lowest BCUT2D eigenvalue weighted by atomic mass is 9.45. The van der Waals surface area contributed by atoms with Crippen LogP contribution in [0.15, 0.2) is 34.9 Å². The molecule has 1 aliphatic heterocycles. The number of fused-ring (bicyclic) bond motifs is 3. The van der Waals surface area contributed by atoms with Crippen molar-refractivity contribution < 1.29 is 0 Å². The van der Waals surface area contributed by atoms with Gasteiger partial charge in [0.05, 0.1) is 6.04 Å². The first-order chi connectivity index (χ1) is 15.2. The molecule has 6 unspecified atom stereocenters. The van der Waals surface area contributed by atoms with Gasteiger partial charge in [0.2, 0.25) is 0 Å². The minimum absolute atomic E-state index is 0.398. The topological polar surface area (TPSA) is 12.4 Å². The first-order valence-electron chi connectivity index (χ1n) is 12.9. The molecule has 0 aromatic heterocycles. The second kappa shape index (κ2) is 6.81. The van der Waals surface area contributed by atoms with Crippen LogP contribution in [0.4, 0.5) is 0 Å². The Labute approximate surface area is 194 Å². The van der Waals surface area contributed by atoms with Crippen LogP contribution in [-0.2, 0) is 6.42 Å². The number of nitrogens with zero attached hydrogens (tertiary/aromatic N) is 1. The molecule has 7 aliphatic rings. The van der Waals surface area contributed by atoms with Crippen LogP contribution >= 0.6 is 0 Å². The summed E-state index contributed by atoms with van der Waals surface area (Å²) in [6.07, 6.45) is 15.5. The Balaban J connectivity index is 1.37. The molecule has 0 radical (unpaired) electrons. The van der Waals surface area contributed by atoms with Gasteiger partial charge in [0.1, 0.15) is 0 Å². The van der Waals surface area contributed by atoms with Crippen LogP contribution in [0.25, 0.3) is 18.2 Å². The highest BCUT2D eigenvalue weighted by Crippen LogP contribution is 2.63. The summed E-state index contributed by atoms with van der Waals surface area (Å²) in [4.78, 5) is 5.14. The normalized spacial score (nSPS) is 38.9. The molecule has 6 fully saturated rings. The van der Waals surface area contributed by atoms with E-state index in [0.29, 0.717) is 22.8 Å². The third-order valence-electron chi connectivity index (χ3n) is 10.9. The molecule has 1 heterocycles. The van der Waals surface area contributed by atoms with Crippen LogP contribution in [0.5, 0.6) is 0 Å². The summed E-state index contributed by atoms with van der Waals surface area (Å²) >= 11 is 0. The molecular weight excluding hydrogens is 386 g/mol. The second-order valence-corrected chi connectivity index (χ2v) is 12.7. The van der Waals surface area contributed by atoms with Gasteiger partial charge in [-0.05, 0) is 93.9 Å². The standard InChI is InChI=1S/C31H39N/c1-7-25-19(12-21-14-23-16-27(18(21)2)30(23,3)4)8-9-20-13-22-15-24-17-28(31(24,5)6)29(22)32-11-10-26(20)25/h7-9,11-13,18,23-24,27-29H,1,10,14-17H2,2-6H3/b21-12-,22-13?,32-11?. The maximum atomic E-state index is 5.14. The number of aliphatic imine (C=N–C) groups is 1. The van der Waals surface area contributed by atoms with E-state index < -0.39 is 0 Å². The minimum atomic E-state index is 0.398. The summed E-state index contributed by atoms with van der Waals surface area (Å²) in [5.74, 6) is 3.95. The van der Waals surface area contributed by atoms with E-state index in [0.717, 1.165) is 30.1 Å². The maximum absolute atomic E-state index is 5.14. The van der Waals surface area contributed by atoms with Gasteiger partial charge in [0, 0.05) is 12.6 Å². The fraction of sp³-hybridized carbons (Fsp3) is 0.581. The fourth-order valence-corrected chi connectivity index (χ4v) is 8.20. The highest BCUT2D eigenvalue weighted by atomic mass is 14.8. The van der Waals surface area contributed by atoms with Crippen LogP contribution in [0.3, 0.4) is 0 Å². The summed E-state index contributed by atoms with van der Waals surface area (Å²) in [6.45, 7) is 16.6. The molecule has 1 nitrogen and oxygen atoms in total. The predicted octanol–water partition coefficient (Wildman–Crippen LogP) is 7.86. The summed E-state index contributed by atoms with van der Waals surface area (Å²) in [5.41, 5.74) is 9.69. The van der Waals surface area contributed by atoms with E-state index in [1.807, 2.05) is 0 Å². The van der Waals surface area contributed by atoms with Gasteiger partial charge in [0.15, 0.2) is 0 Å². The third-order valence-corrected chi connectivity index (χ3v) is 10.9. The number of rotatable bonds is 2. The molecule has 1 heteroatoms. The average Bonchev–Trinajstić information content (AvgIpc) is 2.74. The maximum Gasteiger partial charge on any atom is 0.0742 e. The largest absolute Gasteiger partial charge is 0.289 e. The van der Waals surface area contributed by atoms with E-state index >= 15 is 0 Å². The molecule has 0 spiro atoms. The molecule has 4 bridgehead atoms. The minimum Gasteiger partial charge on any atom is -0.289 e. The monoisotopic (exact) mass is 425 g/mol. The summed E-state index contributed by atoms with van der Waals surface area (Å²) < 4.78 is 0. The average molecular weight is 426 g/mol. The van der Waals surface area contributed by atoms with E-state index in [-0.39, 0.29) is 0 Å². The van der Waals surface area contributed by atoms with Crippen molar-refractivity contribution >= 4 is 24.4 Å². The summed E-state index contributed by atoms with van der Waals surface area (Å²) in [7, 11) is 0. The van der Waals surface area contributed by atoms with Gasteiger partial charge in [-0.1, -0.05) is 77.1 Å². The Morgan fingerprint density at radius 2 is 1.72 bits per heavy atom. The van der Waals surface area contributed by atoms with Crippen molar-refractivity contribution in [2.45, 2.75) is 72.8 Å². The van der Waals surface area contributed by atoms with E-state index in [1.54, 1.807) is 11.1 Å². The Morgan fingerprint density at radius 3 is 2.41 bits per heavy atom. The van der Waals surface area contributed by atoms with Gasteiger partial charge in [-0.3, -0.25) is 4.99 Å². The smallest absolute Gasteiger partial charge is 0.0742 e. The van der Waals surface area contributed by atoms with Crippen molar-refractivity contribution in [3.05, 3.63) is 52.1 Å². The van der Waals surface area contributed by atoms with Crippen LogP contribution in [-0.4, -0.2) is 12.3 Å². The summed E-state index contributed by atoms with van der Waals surface area (Å²) in [5, 5.41) is 0. The van der Waals surface area contributed by atoms with Gasteiger partial charge < -0.3 is 0 Å². The Morgan fingerprint density at radius 1 is 1.00 bits per heavy atom. The van der Waals surface area contributed by atoms with Crippen LogP contribution in [0.1, 0.15) is 82.6 Å². The van der Waals surface area contributed by atoms with Crippen LogP contribution in [0, 0.1) is 40.4 Å². The highest BCUT2D eigenvalue weighted by molar-refractivity contribution is 5.79. The number of benzene rings is 1. The zero-order chi connectivity index (χ0) is 22.4. The molecule has 0 N–H and O–H groups in total. The molecule has 168 valence electrons. The highest BCUT2D eigenvalue weighted by Gasteiger charge is 2.56. The van der Waals surface area contributed by atoms with Crippen molar-refractivity contribution in [3.8, 4) is 0 Å². The zero-order valence-corrected chi connectivity index (χ0v) is 20.6. The molecule has 8 rings (SSSR count). The molecule has 6 aliphatic carbocycles. The molecule has 0 amide bonds. The lowest BCUT2D eigenvalue weighted by molar-refractivity contribution is -0.0717. The zero-order valence-electron chi connectivity index (χ0n) is 20.6. The lowest BCUT2D eigenvalue weighted by Gasteiger charge is -2.60. The molecular formula is C31H39N. The van der Waals surface area contributed by atoms with Crippen LogP contribution in [0.2, 0.25) is 0 Å². The molecule has 0 saturated heterocycles. The van der Waals surface area contributed by atoms with E-state index in [1.165, 1.54) is 47.9 Å². The first-order valence-corrected chi connectivity index (χ1v) is 12.9. The van der Waals surface area contributed by atoms with Gasteiger partial charge in [-0.2, -0.15) is 0 Å². The van der Waals surface area contributed by atoms with Crippen molar-refractivity contribution in [1.29, 1.82) is 0 Å². The van der Waals surface area contributed by atoms with Crippen LogP contribution < -0.4 is 0 Å². The van der Waals surface area contributed by atoms with Gasteiger partial charge in [-0.25, -0.2) is 0 Å². The molecule has 1 aromatic rings. The van der Waals surface area contributed by atoms with E-state index in [4.69, 9.17) is 4.99 Å². The lowest BCUT2D eigenvalue weighted by Crippen LogP contribution is -2.55. The Bertz CT molecular complexity index is 1080. The first kappa shape index (κ1) is 20.7. The Kier molecular flexibility index (Phi) is 4.41. The number of hydrogen-bond acceptors (Lipinski definition) is 1. The SMILES string of the molecule is C=Cc1c(/C=C2/CC3CC(C2C)C3(C)C)ccc2c1CC=NC1C(=C2)CC2CC1C2(C)C. The van der Waals surface area contributed by atoms with Gasteiger partial charge >= 0.3 is 0 Å². The molecule has 1 aromatic carbocycles. The molecule has 6 atom stereocenters. The van der Waals surface area contributed by atoms with Gasteiger partial charge in [-0.15, -0.1) is 0 Å². The molecule has 32 heavy (non-hydrogen) atoms. The Hall–Kier alpha value is -1.89. The number of hydrogen-bond donors (Lipinski definition) is 0. The van der Waals surface area contributed by atoms with Gasteiger partial charge in [0.25, 0.3) is 0 Å². The predicted molar refractivity (Wildman–Crippen MR) is 138 cm³/mol. The van der Waals surface area contributed by atoms with Crippen molar-refractivity contribution in [2.24, 2.45) is 45.4 Å². The van der Waals surface area contributed by atoms with Crippen molar-refractivity contribution in [3.63, 3.8) is 0 Å². The quantitative estimate of drug-likeness (QED) is 0.457. The third kappa shape index (κ3) is 2.72. The second-order valence-electron chi connectivity index (χ2n) is 12.7. The summed E-state index contributed by atoms with van der Waals surface area (Å²) in [6, 6.07) is 5.14. The fourth-order valence-electron chi connectivity index (χ4n) is 8.20. The van der Waals surface area contributed by atoms with Crippen molar-refractivity contribution in [2.75, 3.05) is 0 Å². The van der Waals surface area contributed by atoms with Crippen molar-refractivity contribution in [1.82, 2.24) is 0 Å². The molecule has 6 saturated carbocycles.